The van der Waals surface area contributed by atoms with Crippen LogP contribution in [0.4, 0.5) is 4.79 Å². The minimum Gasteiger partial charge on any atom is -0.444 e. The number of hydrogen-bond donors (Lipinski definition) is 0. The zero-order valence-electron chi connectivity index (χ0n) is 12.6. The maximum absolute atomic E-state index is 12.3. The van der Waals surface area contributed by atoms with Gasteiger partial charge in [-0.15, -0.1) is 0 Å². The molecule has 2 aliphatic rings. The molecule has 0 N–H and O–H groups in total. The number of aromatic nitrogens is 1. The Balaban J connectivity index is 1.57. The summed E-state index contributed by atoms with van der Waals surface area (Å²) in [6.45, 7) is 6.80. The molecule has 0 spiro atoms. The third-order valence-electron chi connectivity index (χ3n) is 4.07. The van der Waals surface area contributed by atoms with Gasteiger partial charge in [-0.2, -0.15) is 0 Å². The fourth-order valence-corrected chi connectivity index (χ4v) is 3.07. The van der Waals surface area contributed by atoms with E-state index in [1.807, 2.05) is 26.8 Å². The maximum Gasteiger partial charge on any atom is 0.410 e. The molecule has 112 valence electrons. The van der Waals surface area contributed by atoms with E-state index >= 15 is 0 Å². The van der Waals surface area contributed by atoms with Gasteiger partial charge in [-0.25, -0.2) is 4.79 Å². The summed E-state index contributed by atoms with van der Waals surface area (Å²) in [5, 5.41) is 0. The molecule has 1 aliphatic heterocycles. The van der Waals surface area contributed by atoms with E-state index in [0.717, 1.165) is 0 Å². The number of nitrogens with zero attached hydrogens (tertiary/aromatic N) is 2. The summed E-state index contributed by atoms with van der Waals surface area (Å²) in [7, 11) is 0. The van der Waals surface area contributed by atoms with Crippen molar-refractivity contribution in [1.29, 1.82) is 0 Å². The van der Waals surface area contributed by atoms with Crippen LogP contribution in [-0.2, 0) is 4.74 Å². The minimum atomic E-state index is -0.479. The number of pyridine rings is 1. The number of carbonyl (C=O) groups is 2. The second kappa shape index (κ2) is 4.83. The Morgan fingerprint density at radius 1 is 1.24 bits per heavy atom. The second-order valence-electron chi connectivity index (χ2n) is 6.82. The Hall–Kier alpha value is -1.91. The van der Waals surface area contributed by atoms with Gasteiger partial charge in [-0.05, 0) is 44.7 Å². The van der Waals surface area contributed by atoms with Crippen molar-refractivity contribution >= 4 is 11.9 Å². The number of fused-ring (bicyclic) bond motifs is 1. The smallest absolute Gasteiger partial charge is 0.410 e. The molecule has 5 nitrogen and oxygen atoms in total. The zero-order valence-corrected chi connectivity index (χ0v) is 12.6. The van der Waals surface area contributed by atoms with Crippen molar-refractivity contribution in [3.8, 4) is 0 Å². The fraction of sp³-hybridized carbons (Fsp3) is 0.562. The number of rotatable bonds is 2. The van der Waals surface area contributed by atoms with Crippen molar-refractivity contribution < 1.29 is 14.3 Å². The molecule has 1 aromatic heterocycles. The molecule has 2 fully saturated rings. The molecule has 5 heteroatoms. The molecule has 1 unspecified atom stereocenters. The molecular formula is C16H20N2O3. The predicted molar refractivity (Wildman–Crippen MR) is 76.8 cm³/mol. The summed E-state index contributed by atoms with van der Waals surface area (Å²) in [4.78, 5) is 30.1. The molecule has 1 amide bonds. The molecule has 3 atom stereocenters. The molecule has 1 aromatic rings. The van der Waals surface area contributed by atoms with Crippen LogP contribution in [0.1, 0.15) is 31.3 Å². The van der Waals surface area contributed by atoms with Crippen molar-refractivity contribution in [3.63, 3.8) is 0 Å². The number of carbonyl (C=O) groups excluding carboxylic acids is 2. The van der Waals surface area contributed by atoms with Crippen LogP contribution in [0.3, 0.4) is 0 Å². The summed E-state index contributed by atoms with van der Waals surface area (Å²) in [6, 6.07) is 5.38. The van der Waals surface area contributed by atoms with Crippen LogP contribution in [0.25, 0.3) is 0 Å². The highest BCUT2D eigenvalue weighted by Gasteiger charge is 2.60. The molecule has 1 saturated heterocycles. The quantitative estimate of drug-likeness (QED) is 0.784. The Bertz CT molecular complexity index is 553. The first-order chi connectivity index (χ1) is 9.87. The first-order valence-electron chi connectivity index (χ1n) is 7.30. The number of ketones is 1. The topological polar surface area (TPSA) is 59.5 Å². The summed E-state index contributed by atoms with van der Waals surface area (Å²) in [6.07, 6.45) is 1.36. The molecule has 2 heterocycles. The number of likely N-dealkylation sites (tertiary alicyclic amines) is 1. The molecule has 21 heavy (non-hydrogen) atoms. The van der Waals surface area contributed by atoms with E-state index in [-0.39, 0.29) is 29.6 Å². The van der Waals surface area contributed by atoms with Crippen LogP contribution in [0.2, 0.25) is 0 Å². The number of ether oxygens (including phenoxy) is 1. The average Bonchev–Trinajstić information content (AvgIpc) is 2.90. The van der Waals surface area contributed by atoms with Crippen LogP contribution < -0.4 is 0 Å². The lowest BCUT2D eigenvalue weighted by Crippen LogP contribution is -2.37. The first-order valence-corrected chi connectivity index (χ1v) is 7.30. The van der Waals surface area contributed by atoms with Gasteiger partial charge in [0.05, 0.1) is 0 Å². The number of amides is 1. The van der Waals surface area contributed by atoms with Gasteiger partial charge in [-0.3, -0.25) is 9.78 Å². The van der Waals surface area contributed by atoms with Gasteiger partial charge >= 0.3 is 6.09 Å². The lowest BCUT2D eigenvalue weighted by molar-refractivity contribution is 0.0263. The molecule has 0 radical (unpaired) electrons. The Morgan fingerprint density at radius 2 is 1.90 bits per heavy atom. The van der Waals surface area contributed by atoms with E-state index in [1.54, 1.807) is 23.2 Å². The Morgan fingerprint density at radius 3 is 2.43 bits per heavy atom. The number of Topliss-reactive ketones (excluding diaryl/α,β-unsaturated/α-hetero) is 1. The van der Waals surface area contributed by atoms with Crippen molar-refractivity contribution in [2.24, 2.45) is 17.8 Å². The highest BCUT2D eigenvalue weighted by atomic mass is 16.6. The second-order valence-corrected chi connectivity index (χ2v) is 6.82. The molecular weight excluding hydrogens is 268 g/mol. The van der Waals surface area contributed by atoms with Crippen LogP contribution >= 0.6 is 0 Å². The summed E-state index contributed by atoms with van der Waals surface area (Å²) in [5.74, 6) is 0.673. The summed E-state index contributed by atoms with van der Waals surface area (Å²) >= 11 is 0. The highest BCUT2D eigenvalue weighted by molar-refractivity contribution is 5.98. The monoisotopic (exact) mass is 288 g/mol. The Kier molecular flexibility index (Phi) is 3.23. The van der Waals surface area contributed by atoms with E-state index in [0.29, 0.717) is 18.8 Å². The molecule has 0 bridgehead atoms. The lowest BCUT2D eigenvalue weighted by Gasteiger charge is -2.25. The van der Waals surface area contributed by atoms with Gasteiger partial charge in [0.15, 0.2) is 5.78 Å². The third kappa shape index (κ3) is 2.77. The minimum absolute atomic E-state index is 0.0265. The Labute approximate surface area is 124 Å². The zero-order chi connectivity index (χ0) is 15.2. The standard InChI is InChI=1S/C16H20N2O3/c1-16(2,3)21-15(20)18-8-10-11(9-18)13(10)14(19)12-6-4-5-7-17-12/h4-7,10-11,13H,8-9H2,1-3H3/t10-,11+,13?. The maximum atomic E-state index is 12.3. The third-order valence-corrected chi connectivity index (χ3v) is 4.07. The largest absolute Gasteiger partial charge is 0.444 e. The van der Waals surface area contributed by atoms with Gasteiger partial charge in [0, 0.05) is 25.2 Å². The van der Waals surface area contributed by atoms with Crippen LogP contribution in [0.5, 0.6) is 0 Å². The summed E-state index contributed by atoms with van der Waals surface area (Å²) in [5.41, 5.74) is 0.0493. The van der Waals surface area contributed by atoms with Crippen molar-refractivity contribution in [2.45, 2.75) is 26.4 Å². The van der Waals surface area contributed by atoms with Gasteiger partial charge in [0.2, 0.25) is 0 Å². The molecule has 1 aliphatic carbocycles. The average molecular weight is 288 g/mol. The van der Waals surface area contributed by atoms with E-state index in [1.165, 1.54) is 0 Å². The predicted octanol–water partition coefficient (Wildman–Crippen LogP) is 2.38. The fourth-order valence-electron chi connectivity index (χ4n) is 3.07. The van der Waals surface area contributed by atoms with Gasteiger partial charge < -0.3 is 9.64 Å². The number of piperidine rings is 1. The van der Waals surface area contributed by atoms with E-state index < -0.39 is 5.60 Å². The SMILES string of the molecule is CC(C)(C)OC(=O)N1C[C@@H]2C(C(=O)c3ccccn3)[C@@H]2C1. The van der Waals surface area contributed by atoms with Crippen LogP contribution in [0.15, 0.2) is 24.4 Å². The molecule has 1 saturated carbocycles. The molecule has 0 aromatic carbocycles. The van der Waals surface area contributed by atoms with E-state index in [4.69, 9.17) is 4.74 Å². The van der Waals surface area contributed by atoms with Crippen LogP contribution in [-0.4, -0.2) is 40.5 Å². The van der Waals surface area contributed by atoms with E-state index in [9.17, 15) is 9.59 Å². The molecule has 3 rings (SSSR count). The van der Waals surface area contributed by atoms with Crippen LogP contribution in [0, 0.1) is 17.8 Å². The normalized spacial score (nSPS) is 27.2. The first kappa shape index (κ1) is 14.0. The van der Waals surface area contributed by atoms with Crippen molar-refractivity contribution in [1.82, 2.24) is 9.88 Å². The van der Waals surface area contributed by atoms with E-state index in [2.05, 4.69) is 4.98 Å². The van der Waals surface area contributed by atoms with Gasteiger partial charge in [0.25, 0.3) is 0 Å². The van der Waals surface area contributed by atoms with Crippen molar-refractivity contribution in [2.75, 3.05) is 13.1 Å². The van der Waals surface area contributed by atoms with Gasteiger partial charge in [0.1, 0.15) is 11.3 Å². The van der Waals surface area contributed by atoms with Gasteiger partial charge in [-0.1, -0.05) is 6.07 Å². The highest BCUT2D eigenvalue weighted by Crippen LogP contribution is 2.53. The lowest BCUT2D eigenvalue weighted by atomic mass is 10.1. The van der Waals surface area contributed by atoms with Crippen molar-refractivity contribution in [3.05, 3.63) is 30.1 Å². The summed E-state index contributed by atoms with van der Waals surface area (Å²) < 4.78 is 5.36. The number of hydrogen-bond acceptors (Lipinski definition) is 4.